The Bertz CT molecular complexity index is 877. The van der Waals surface area contributed by atoms with Crippen LogP contribution in [0.25, 0.3) is 0 Å². The number of carbonyl (C=O) groups is 3. The number of hydrogen-bond donors (Lipinski definition) is 2. The smallest absolute Gasteiger partial charge is 0.338 e. The summed E-state index contributed by atoms with van der Waals surface area (Å²) in [5, 5.41) is 7.18. The van der Waals surface area contributed by atoms with Gasteiger partial charge in [0.05, 0.1) is 30.3 Å². The van der Waals surface area contributed by atoms with E-state index in [2.05, 4.69) is 10.6 Å². The number of urea groups is 1. The van der Waals surface area contributed by atoms with Gasteiger partial charge in [0, 0.05) is 4.88 Å². The summed E-state index contributed by atoms with van der Waals surface area (Å²) < 4.78 is 10.5. The van der Waals surface area contributed by atoms with Crippen LogP contribution in [0.2, 0.25) is 0 Å². The van der Waals surface area contributed by atoms with Crippen molar-refractivity contribution in [3.63, 3.8) is 0 Å². The molecule has 0 fully saturated rings. The number of esters is 2. The lowest BCUT2D eigenvalue weighted by Crippen LogP contribution is -2.47. The van der Waals surface area contributed by atoms with Crippen molar-refractivity contribution in [2.75, 3.05) is 13.2 Å². The minimum atomic E-state index is -0.694. The maximum absolute atomic E-state index is 12.6. The van der Waals surface area contributed by atoms with Crippen molar-refractivity contribution in [2.45, 2.75) is 19.4 Å². The molecule has 2 aromatic rings. The second-order valence-corrected chi connectivity index (χ2v) is 7.00. The van der Waals surface area contributed by atoms with Crippen LogP contribution in [0.4, 0.5) is 4.79 Å². The third-order valence-corrected chi connectivity index (χ3v) is 4.93. The van der Waals surface area contributed by atoms with Gasteiger partial charge >= 0.3 is 18.0 Å². The molecule has 1 unspecified atom stereocenters. The SMILES string of the molecule is CCOC(=O)C1=C(COC(=O)Cc2cccs2)NC(=O)NC1c1ccccc1. The second-order valence-electron chi connectivity index (χ2n) is 5.97. The fourth-order valence-corrected chi connectivity index (χ4v) is 3.53. The van der Waals surface area contributed by atoms with Crippen molar-refractivity contribution in [1.82, 2.24) is 10.6 Å². The first-order valence-electron chi connectivity index (χ1n) is 8.79. The average molecular weight is 400 g/mol. The van der Waals surface area contributed by atoms with E-state index < -0.39 is 24.0 Å². The molecule has 0 bridgehead atoms. The van der Waals surface area contributed by atoms with Crippen molar-refractivity contribution in [3.05, 3.63) is 69.6 Å². The third-order valence-electron chi connectivity index (χ3n) is 4.06. The zero-order valence-corrected chi connectivity index (χ0v) is 16.1. The van der Waals surface area contributed by atoms with Crippen molar-refractivity contribution < 1.29 is 23.9 Å². The molecule has 0 aliphatic carbocycles. The fraction of sp³-hybridized carbons (Fsp3) is 0.250. The third kappa shape index (κ3) is 4.77. The lowest BCUT2D eigenvalue weighted by molar-refractivity contribution is -0.143. The van der Waals surface area contributed by atoms with Gasteiger partial charge in [0.1, 0.15) is 6.61 Å². The molecule has 28 heavy (non-hydrogen) atoms. The Hall–Kier alpha value is -3.13. The van der Waals surface area contributed by atoms with E-state index in [0.29, 0.717) is 0 Å². The van der Waals surface area contributed by atoms with Crippen LogP contribution < -0.4 is 10.6 Å². The van der Waals surface area contributed by atoms with Gasteiger partial charge in [0.25, 0.3) is 0 Å². The Morgan fingerprint density at radius 3 is 2.57 bits per heavy atom. The van der Waals surface area contributed by atoms with Crippen LogP contribution in [-0.2, 0) is 25.5 Å². The fourth-order valence-electron chi connectivity index (χ4n) is 2.84. The molecule has 1 aliphatic heterocycles. The minimum absolute atomic E-state index is 0.133. The van der Waals surface area contributed by atoms with Crippen molar-refractivity contribution in [3.8, 4) is 0 Å². The molecule has 0 spiro atoms. The Kier molecular flexibility index (Phi) is 6.44. The van der Waals surface area contributed by atoms with E-state index in [1.54, 1.807) is 19.1 Å². The van der Waals surface area contributed by atoms with Crippen LogP contribution in [0.1, 0.15) is 23.4 Å². The van der Waals surface area contributed by atoms with E-state index in [0.717, 1.165) is 10.4 Å². The summed E-state index contributed by atoms with van der Waals surface area (Å²) in [6.07, 6.45) is 0.133. The maximum Gasteiger partial charge on any atom is 0.338 e. The number of rotatable bonds is 7. The summed E-state index contributed by atoms with van der Waals surface area (Å²) in [6.45, 7) is 1.66. The van der Waals surface area contributed by atoms with E-state index >= 15 is 0 Å². The number of amides is 2. The van der Waals surface area contributed by atoms with Crippen LogP contribution in [0, 0.1) is 0 Å². The molecule has 2 N–H and O–H groups in total. The number of thiophene rings is 1. The molecule has 1 atom stereocenters. The summed E-state index contributed by atoms with van der Waals surface area (Å²) in [5.41, 5.74) is 1.16. The van der Waals surface area contributed by atoms with Gasteiger partial charge in [0.15, 0.2) is 0 Å². The first-order valence-corrected chi connectivity index (χ1v) is 9.67. The van der Waals surface area contributed by atoms with E-state index in [1.807, 2.05) is 35.7 Å². The van der Waals surface area contributed by atoms with Gasteiger partial charge in [-0.2, -0.15) is 0 Å². The predicted molar refractivity (Wildman–Crippen MR) is 103 cm³/mol. The van der Waals surface area contributed by atoms with Gasteiger partial charge < -0.3 is 20.1 Å². The molecule has 8 heteroatoms. The van der Waals surface area contributed by atoms with Gasteiger partial charge in [0.2, 0.25) is 0 Å². The second kappa shape index (κ2) is 9.18. The van der Waals surface area contributed by atoms with Crippen LogP contribution in [0.15, 0.2) is 59.1 Å². The normalized spacial score (nSPS) is 16.2. The number of hydrogen-bond acceptors (Lipinski definition) is 6. The maximum atomic E-state index is 12.6. The molecular weight excluding hydrogens is 380 g/mol. The lowest BCUT2D eigenvalue weighted by atomic mass is 9.95. The minimum Gasteiger partial charge on any atom is -0.463 e. The first kappa shape index (κ1) is 19.6. The summed E-state index contributed by atoms with van der Waals surface area (Å²) >= 11 is 1.46. The highest BCUT2D eigenvalue weighted by Gasteiger charge is 2.34. The molecule has 2 heterocycles. The Morgan fingerprint density at radius 1 is 1.11 bits per heavy atom. The Labute approximate surface area is 166 Å². The topological polar surface area (TPSA) is 93.7 Å². The summed E-state index contributed by atoms with van der Waals surface area (Å²) in [6, 6.07) is 11.6. The molecule has 1 aromatic carbocycles. The highest BCUT2D eigenvalue weighted by atomic mass is 32.1. The van der Waals surface area contributed by atoms with E-state index in [1.165, 1.54) is 11.3 Å². The van der Waals surface area contributed by atoms with Crippen molar-refractivity contribution in [2.24, 2.45) is 0 Å². The van der Waals surface area contributed by atoms with E-state index in [-0.39, 0.29) is 30.9 Å². The van der Waals surface area contributed by atoms with Crippen LogP contribution in [-0.4, -0.2) is 31.2 Å². The van der Waals surface area contributed by atoms with Gasteiger partial charge in [-0.05, 0) is 23.9 Å². The highest BCUT2D eigenvalue weighted by molar-refractivity contribution is 7.10. The van der Waals surface area contributed by atoms with Crippen LogP contribution in [0.5, 0.6) is 0 Å². The van der Waals surface area contributed by atoms with Crippen molar-refractivity contribution >= 4 is 29.3 Å². The number of nitrogens with one attached hydrogen (secondary N) is 2. The molecule has 0 saturated heterocycles. The zero-order chi connectivity index (χ0) is 19.9. The van der Waals surface area contributed by atoms with E-state index in [4.69, 9.17) is 9.47 Å². The number of benzene rings is 1. The highest BCUT2D eigenvalue weighted by Crippen LogP contribution is 2.27. The Morgan fingerprint density at radius 2 is 1.89 bits per heavy atom. The van der Waals surface area contributed by atoms with Crippen LogP contribution >= 0.6 is 11.3 Å². The molecule has 0 saturated carbocycles. The Balaban J connectivity index is 1.84. The molecule has 1 aromatic heterocycles. The van der Waals surface area contributed by atoms with Crippen LogP contribution in [0.3, 0.4) is 0 Å². The zero-order valence-electron chi connectivity index (χ0n) is 15.3. The molecule has 146 valence electrons. The molecule has 0 radical (unpaired) electrons. The van der Waals surface area contributed by atoms with Gasteiger partial charge in [-0.1, -0.05) is 36.4 Å². The molecule has 1 aliphatic rings. The van der Waals surface area contributed by atoms with Gasteiger partial charge in [-0.25, -0.2) is 9.59 Å². The summed E-state index contributed by atoms with van der Waals surface area (Å²) in [7, 11) is 0. The van der Waals surface area contributed by atoms with Gasteiger partial charge in [-0.15, -0.1) is 11.3 Å². The molecule has 7 nitrogen and oxygen atoms in total. The number of ether oxygens (including phenoxy) is 2. The van der Waals surface area contributed by atoms with E-state index in [9.17, 15) is 14.4 Å². The monoisotopic (exact) mass is 400 g/mol. The molecular formula is C20H20N2O5S. The number of carbonyl (C=O) groups excluding carboxylic acids is 3. The van der Waals surface area contributed by atoms with Crippen molar-refractivity contribution in [1.29, 1.82) is 0 Å². The molecule has 2 amide bonds. The molecule has 3 rings (SSSR count). The quantitative estimate of drug-likeness (QED) is 0.697. The first-order chi connectivity index (χ1) is 13.6. The summed E-state index contributed by atoms with van der Waals surface area (Å²) in [4.78, 5) is 37.7. The standard InChI is InChI=1S/C20H20N2O5S/c1-2-26-19(24)17-15(12-27-16(23)11-14-9-6-10-28-14)21-20(25)22-18(17)13-7-4-3-5-8-13/h3-10,18H,2,11-12H2,1H3,(H2,21,22,25). The average Bonchev–Trinajstić information content (AvgIpc) is 3.19. The predicted octanol–water partition coefficient (Wildman–Crippen LogP) is 2.71. The largest absolute Gasteiger partial charge is 0.463 e. The van der Waals surface area contributed by atoms with Gasteiger partial charge in [-0.3, -0.25) is 4.79 Å². The summed E-state index contributed by atoms with van der Waals surface area (Å²) in [5.74, 6) is -1.02. The lowest BCUT2D eigenvalue weighted by Gasteiger charge is -2.29.